The highest BCUT2D eigenvalue weighted by molar-refractivity contribution is 6.32. The molecule has 0 saturated carbocycles. The topological polar surface area (TPSA) is 18.5 Å². The van der Waals surface area contributed by atoms with Gasteiger partial charge in [-0.2, -0.15) is 0 Å². The van der Waals surface area contributed by atoms with Crippen LogP contribution in [0.2, 0.25) is 5.02 Å². The van der Waals surface area contributed by atoms with Crippen LogP contribution in [-0.2, 0) is 0 Å². The zero-order valence-electron chi connectivity index (χ0n) is 11.3. The van der Waals surface area contributed by atoms with E-state index in [1.165, 1.54) is 5.56 Å². The lowest BCUT2D eigenvalue weighted by Crippen LogP contribution is -1.97. The van der Waals surface area contributed by atoms with Gasteiger partial charge >= 0.3 is 0 Å². The van der Waals surface area contributed by atoms with Gasteiger partial charge in [-0.05, 0) is 35.4 Å². The summed E-state index contributed by atoms with van der Waals surface area (Å²) in [6, 6.07) is 13.9. The van der Waals surface area contributed by atoms with Crippen LogP contribution in [0.5, 0.6) is 11.5 Å². The Morgan fingerprint density at radius 2 is 1.68 bits per heavy atom. The van der Waals surface area contributed by atoms with Crippen LogP contribution in [0.1, 0.15) is 24.0 Å². The molecule has 0 amide bonds. The van der Waals surface area contributed by atoms with Crippen LogP contribution in [0.25, 0.3) is 0 Å². The quantitative estimate of drug-likeness (QED) is 0.818. The largest absolute Gasteiger partial charge is 0.497 e. The summed E-state index contributed by atoms with van der Waals surface area (Å²) in [6.45, 7) is 2.15. The molecule has 2 aromatic rings. The Morgan fingerprint density at radius 1 is 0.947 bits per heavy atom. The fourth-order valence-electron chi connectivity index (χ4n) is 2.05. The zero-order chi connectivity index (χ0) is 13.8. The molecule has 19 heavy (non-hydrogen) atoms. The predicted molar refractivity (Wildman–Crippen MR) is 78.5 cm³/mol. The van der Waals surface area contributed by atoms with Gasteiger partial charge < -0.3 is 9.47 Å². The van der Waals surface area contributed by atoms with Gasteiger partial charge in [0.1, 0.15) is 11.5 Å². The van der Waals surface area contributed by atoms with Crippen molar-refractivity contribution in [2.24, 2.45) is 0 Å². The molecule has 0 aliphatic heterocycles. The fourth-order valence-corrected chi connectivity index (χ4v) is 2.24. The summed E-state index contributed by atoms with van der Waals surface area (Å²) in [5.41, 5.74) is 2.36. The Labute approximate surface area is 118 Å². The average Bonchev–Trinajstić information content (AvgIpc) is 2.47. The number of methoxy groups -OCH3 is 2. The summed E-state index contributed by atoms with van der Waals surface area (Å²) < 4.78 is 10.5. The Balaban J connectivity index is 2.35. The molecule has 2 aromatic carbocycles. The Bertz CT molecular complexity index is 566. The first-order valence-corrected chi connectivity index (χ1v) is 6.51. The number of halogens is 1. The van der Waals surface area contributed by atoms with Crippen LogP contribution in [0.4, 0.5) is 0 Å². The van der Waals surface area contributed by atoms with E-state index in [0.29, 0.717) is 10.8 Å². The third kappa shape index (κ3) is 3.02. The minimum Gasteiger partial charge on any atom is -0.497 e. The van der Waals surface area contributed by atoms with Crippen LogP contribution < -0.4 is 9.47 Å². The second-order valence-corrected chi connectivity index (χ2v) is 4.80. The molecule has 0 heterocycles. The molecule has 2 rings (SSSR count). The molecule has 0 radical (unpaired) electrons. The maximum absolute atomic E-state index is 6.05. The van der Waals surface area contributed by atoms with E-state index in [2.05, 4.69) is 13.0 Å². The van der Waals surface area contributed by atoms with Gasteiger partial charge in [-0.15, -0.1) is 0 Å². The van der Waals surface area contributed by atoms with E-state index < -0.39 is 0 Å². The third-order valence-electron chi connectivity index (χ3n) is 3.27. The standard InChI is InChI=1S/C16H17ClO2/c1-11(12-5-4-6-14(9-12)18-2)13-7-8-15(17)16(10-13)19-3/h4-11H,1-3H3. The summed E-state index contributed by atoms with van der Waals surface area (Å²) in [5.74, 6) is 1.82. The number of hydrogen-bond acceptors (Lipinski definition) is 2. The lowest BCUT2D eigenvalue weighted by molar-refractivity contribution is 0.413. The smallest absolute Gasteiger partial charge is 0.137 e. The second-order valence-electron chi connectivity index (χ2n) is 4.39. The van der Waals surface area contributed by atoms with E-state index in [9.17, 15) is 0 Å². The van der Waals surface area contributed by atoms with Crippen LogP contribution in [0.15, 0.2) is 42.5 Å². The summed E-state index contributed by atoms with van der Waals surface area (Å²) in [6.07, 6.45) is 0. The molecule has 0 bridgehead atoms. The Kier molecular flexibility index (Phi) is 4.33. The van der Waals surface area contributed by atoms with Crippen molar-refractivity contribution < 1.29 is 9.47 Å². The first-order chi connectivity index (χ1) is 9.15. The lowest BCUT2D eigenvalue weighted by Gasteiger charge is -2.15. The second kappa shape index (κ2) is 5.98. The maximum atomic E-state index is 6.05. The predicted octanol–water partition coefficient (Wildman–Crippen LogP) is 4.51. The van der Waals surface area contributed by atoms with Gasteiger partial charge in [0.05, 0.1) is 19.2 Å². The zero-order valence-corrected chi connectivity index (χ0v) is 12.1. The van der Waals surface area contributed by atoms with E-state index >= 15 is 0 Å². The van der Waals surface area contributed by atoms with E-state index in [-0.39, 0.29) is 5.92 Å². The molecule has 0 aliphatic rings. The van der Waals surface area contributed by atoms with Gasteiger partial charge in [-0.1, -0.05) is 36.7 Å². The molecular weight excluding hydrogens is 260 g/mol. The highest BCUT2D eigenvalue weighted by Crippen LogP contribution is 2.32. The van der Waals surface area contributed by atoms with Gasteiger partial charge in [0.25, 0.3) is 0 Å². The molecule has 1 unspecified atom stereocenters. The highest BCUT2D eigenvalue weighted by atomic mass is 35.5. The fraction of sp³-hybridized carbons (Fsp3) is 0.250. The molecule has 1 atom stereocenters. The summed E-state index contributed by atoms with van der Waals surface area (Å²) in [7, 11) is 3.30. The van der Waals surface area contributed by atoms with E-state index in [4.69, 9.17) is 21.1 Å². The van der Waals surface area contributed by atoms with Gasteiger partial charge in [0.2, 0.25) is 0 Å². The van der Waals surface area contributed by atoms with Crippen molar-refractivity contribution in [3.8, 4) is 11.5 Å². The minimum atomic E-state index is 0.251. The molecule has 0 aliphatic carbocycles. The Hall–Kier alpha value is -1.67. The highest BCUT2D eigenvalue weighted by Gasteiger charge is 2.11. The minimum absolute atomic E-state index is 0.251. The molecular formula is C16H17ClO2. The van der Waals surface area contributed by atoms with Crippen LogP contribution in [0.3, 0.4) is 0 Å². The van der Waals surface area contributed by atoms with Crippen LogP contribution in [0, 0.1) is 0 Å². The van der Waals surface area contributed by atoms with E-state index in [1.54, 1.807) is 14.2 Å². The lowest BCUT2D eigenvalue weighted by atomic mass is 9.93. The van der Waals surface area contributed by atoms with E-state index in [1.807, 2.05) is 36.4 Å². The molecule has 0 N–H and O–H groups in total. The number of benzene rings is 2. The van der Waals surface area contributed by atoms with E-state index in [0.717, 1.165) is 11.3 Å². The van der Waals surface area contributed by atoms with Crippen LogP contribution in [-0.4, -0.2) is 14.2 Å². The van der Waals surface area contributed by atoms with Crippen molar-refractivity contribution in [2.45, 2.75) is 12.8 Å². The molecule has 0 spiro atoms. The number of rotatable bonds is 4. The summed E-state index contributed by atoms with van der Waals surface area (Å²) >= 11 is 6.05. The summed E-state index contributed by atoms with van der Waals surface area (Å²) in [5, 5.41) is 0.629. The molecule has 0 aromatic heterocycles. The first kappa shape index (κ1) is 13.8. The molecule has 0 fully saturated rings. The number of ether oxygens (including phenoxy) is 2. The normalized spacial score (nSPS) is 12.0. The van der Waals surface area contributed by atoms with Gasteiger partial charge in [-0.3, -0.25) is 0 Å². The van der Waals surface area contributed by atoms with Crippen LogP contribution >= 0.6 is 11.6 Å². The van der Waals surface area contributed by atoms with Crippen molar-refractivity contribution in [3.05, 3.63) is 58.6 Å². The average molecular weight is 277 g/mol. The monoisotopic (exact) mass is 276 g/mol. The molecule has 3 heteroatoms. The van der Waals surface area contributed by atoms with Crippen molar-refractivity contribution in [1.29, 1.82) is 0 Å². The maximum Gasteiger partial charge on any atom is 0.137 e. The summed E-state index contributed by atoms with van der Waals surface area (Å²) in [4.78, 5) is 0. The third-order valence-corrected chi connectivity index (χ3v) is 3.58. The molecule has 2 nitrogen and oxygen atoms in total. The number of hydrogen-bond donors (Lipinski definition) is 0. The SMILES string of the molecule is COc1cccc(C(C)c2ccc(Cl)c(OC)c2)c1. The molecule has 100 valence electrons. The molecule has 0 saturated heterocycles. The van der Waals surface area contributed by atoms with Crippen molar-refractivity contribution in [1.82, 2.24) is 0 Å². The van der Waals surface area contributed by atoms with Crippen molar-refractivity contribution >= 4 is 11.6 Å². The van der Waals surface area contributed by atoms with Crippen molar-refractivity contribution in [2.75, 3.05) is 14.2 Å². The van der Waals surface area contributed by atoms with Crippen molar-refractivity contribution in [3.63, 3.8) is 0 Å². The van der Waals surface area contributed by atoms with Gasteiger partial charge in [0.15, 0.2) is 0 Å². The van der Waals surface area contributed by atoms with Gasteiger partial charge in [0, 0.05) is 5.92 Å². The Morgan fingerprint density at radius 3 is 2.37 bits per heavy atom. The van der Waals surface area contributed by atoms with Gasteiger partial charge in [-0.25, -0.2) is 0 Å². The first-order valence-electron chi connectivity index (χ1n) is 6.13.